The maximum Gasteiger partial charge on any atom is 0.213 e. The third-order valence-electron chi connectivity index (χ3n) is 2.35. The quantitative estimate of drug-likeness (QED) is 0.840. The summed E-state index contributed by atoms with van der Waals surface area (Å²) in [5, 5.41) is 0. The van der Waals surface area contributed by atoms with Crippen LogP contribution in [0.2, 0.25) is 0 Å². The Kier molecular flexibility index (Phi) is 3.85. The maximum absolute atomic E-state index is 13.5. The number of benzene rings is 1. The van der Waals surface area contributed by atoms with Crippen LogP contribution < -0.4 is 10.5 Å². The van der Waals surface area contributed by atoms with Crippen LogP contribution in [-0.4, -0.2) is 21.2 Å². The van der Waals surface area contributed by atoms with Gasteiger partial charge in [-0.25, -0.2) is 21.9 Å². The Morgan fingerprint density at radius 3 is 2.47 bits per heavy atom. The summed E-state index contributed by atoms with van der Waals surface area (Å²) >= 11 is 0. The number of hydrogen-bond acceptors (Lipinski definition) is 3. The van der Waals surface area contributed by atoms with Gasteiger partial charge in [-0.15, -0.1) is 0 Å². The van der Waals surface area contributed by atoms with E-state index in [0.717, 1.165) is 12.1 Å². The largest absolute Gasteiger partial charge is 0.321 e. The number of halogens is 2. The molecule has 0 aliphatic heterocycles. The highest BCUT2D eigenvalue weighted by molar-refractivity contribution is 7.89. The molecule has 0 saturated heterocycles. The van der Waals surface area contributed by atoms with Crippen molar-refractivity contribution in [1.82, 2.24) is 4.72 Å². The van der Waals surface area contributed by atoms with Crippen molar-refractivity contribution in [3.05, 3.63) is 35.4 Å². The molecule has 4 nitrogen and oxygen atoms in total. The fourth-order valence-corrected chi connectivity index (χ4v) is 2.59. The Balaban J connectivity index is 3.13. The first-order valence-corrected chi connectivity index (χ1v) is 6.49. The number of hydrogen-bond donors (Lipinski definition) is 2. The smallest absolute Gasteiger partial charge is 0.213 e. The highest BCUT2D eigenvalue weighted by atomic mass is 32.2. The average molecular weight is 264 g/mol. The zero-order chi connectivity index (χ0) is 13.3. The lowest BCUT2D eigenvalue weighted by Gasteiger charge is -2.25. The second-order valence-corrected chi connectivity index (χ2v) is 5.93. The van der Waals surface area contributed by atoms with E-state index in [1.165, 1.54) is 14.0 Å². The molecule has 3 N–H and O–H groups in total. The average Bonchev–Trinajstić information content (AvgIpc) is 2.15. The molecule has 7 heteroatoms. The van der Waals surface area contributed by atoms with E-state index in [4.69, 9.17) is 5.73 Å². The predicted molar refractivity (Wildman–Crippen MR) is 60.7 cm³/mol. The van der Waals surface area contributed by atoms with Gasteiger partial charge in [-0.3, -0.25) is 0 Å². The van der Waals surface area contributed by atoms with Crippen molar-refractivity contribution in [1.29, 1.82) is 0 Å². The highest BCUT2D eigenvalue weighted by Gasteiger charge is 2.30. The van der Waals surface area contributed by atoms with Crippen molar-refractivity contribution in [3.8, 4) is 0 Å². The van der Waals surface area contributed by atoms with Gasteiger partial charge < -0.3 is 5.73 Å². The van der Waals surface area contributed by atoms with Crippen LogP contribution in [0.25, 0.3) is 0 Å². The number of sulfonamides is 1. The molecule has 0 saturated carbocycles. The van der Waals surface area contributed by atoms with Crippen LogP contribution in [0.15, 0.2) is 18.2 Å². The van der Waals surface area contributed by atoms with Gasteiger partial charge in [0, 0.05) is 11.6 Å². The molecular weight excluding hydrogens is 250 g/mol. The van der Waals surface area contributed by atoms with Gasteiger partial charge >= 0.3 is 0 Å². The second kappa shape index (κ2) is 4.67. The zero-order valence-corrected chi connectivity index (χ0v) is 10.3. The van der Waals surface area contributed by atoms with Crippen LogP contribution in [0.3, 0.4) is 0 Å². The number of nitrogens with one attached hydrogen (secondary N) is 1. The van der Waals surface area contributed by atoms with Crippen LogP contribution in [0.4, 0.5) is 8.78 Å². The molecule has 0 unspecified atom stereocenters. The SMILES string of the molecule is CNS(=O)(=O)C[C@](C)(N)c1ccc(F)cc1F. The Morgan fingerprint density at radius 2 is 2.00 bits per heavy atom. The fraction of sp³-hybridized carbons (Fsp3) is 0.400. The normalized spacial score (nSPS) is 15.6. The molecule has 0 aliphatic rings. The molecule has 0 amide bonds. The van der Waals surface area contributed by atoms with Crippen molar-refractivity contribution >= 4 is 10.0 Å². The second-order valence-electron chi connectivity index (χ2n) is 4.00. The van der Waals surface area contributed by atoms with E-state index in [9.17, 15) is 17.2 Å². The molecule has 0 radical (unpaired) electrons. The summed E-state index contributed by atoms with van der Waals surface area (Å²) in [6, 6.07) is 2.86. The van der Waals surface area contributed by atoms with Crippen LogP contribution in [0.5, 0.6) is 0 Å². The van der Waals surface area contributed by atoms with Gasteiger partial charge in [-0.2, -0.15) is 0 Å². The summed E-state index contributed by atoms with van der Waals surface area (Å²) in [4.78, 5) is 0. The first kappa shape index (κ1) is 14.0. The van der Waals surface area contributed by atoms with Crippen LogP contribution in [-0.2, 0) is 15.6 Å². The monoisotopic (exact) mass is 264 g/mol. The van der Waals surface area contributed by atoms with E-state index in [2.05, 4.69) is 4.72 Å². The lowest BCUT2D eigenvalue weighted by Crippen LogP contribution is -2.44. The fourth-order valence-electron chi connectivity index (χ4n) is 1.50. The van der Waals surface area contributed by atoms with Crippen molar-refractivity contribution in [2.45, 2.75) is 12.5 Å². The molecule has 0 aromatic heterocycles. The minimum Gasteiger partial charge on any atom is -0.321 e. The van der Waals surface area contributed by atoms with Crippen molar-refractivity contribution in [3.63, 3.8) is 0 Å². The van der Waals surface area contributed by atoms with Crippen molar-refractivity contribution < 1.29 is 17.2 Å². The van der Waals surface area contributed by atoms with E-state index in [1.807, 2.05) is 0 Å². The minimum atomic E-state index is -3.59. The van der Waals surface area contributed by atoms with Crippen LogP contribution >= 0.6 is 0 Å². The van der Waals surface area contributed by atoms with Crippen LogP contribution in [0, 0.1) is 11.6 Å². The lowest BCUT2D eigenvalue weighted by atomic mass is 9.95. The van der Waals surface area contributed by atoms with Gasteiger partial charge in [0.05, 0.1) is 11.3 Å². The molecule has 1 aromatic rings. The number of nitrogens with two attached hydrogens (primary N) is 1. The molecule has 0 fully saturated rings. The first-order chi connectivity index (χ1) is 7.68. The van der Waals surface area contributed by atoms with Gasteiger partial charge in [0.15, 0.2) is 0 Å². The Hall–Kier alpha value is -1.05. The topological polar surface area (TPSA) is 72.2 Å². The van der Waals surface area contributed by atoms with Gasteiger partial charge in [0.1, 0.15) is 11.6 Å². The van der Waals surface area contributed by atoms with E-state index < -0.39 is 32.9 Å². The maximum atomic E-state index is 13.5. The standard InChI is InChI=1S/C10H14F2N2O2S/c1-10(13,6-17(15,16)14-2)8-4-3-7(11)5-9(8)12/h3-5,14H,6,13H2,1-2H3/t10-/m0/s1. The lowest BCUT2D eigenvalue weighted by molar-refractivity contribution is 0.484. The summed E-state index contributed by atoms with van der Waals surface area (Å²) in [6.45, 7) is 1.37. The minimum absolute atomic E-state index is 0.0438. The van der Waals surface area contributed by atoms with Gasteiger partial charge in [-0.1, -0.05) is 6.07 Å². The Bertz CT molecular complexity index is 515. The third kappa shape index (κ3) is 3.45. The van der Waals surface area contributed by atoms with E-state index >= 15 is 0 Å². The zero-order valence-electron chi connectivity index (χ0n) is 9.50. The van der Waals surface area contributed by atoms with Crippen molar-refractivity contribution in [2.24, 2.45) is 5.73 Å². The molecule has 0 heterocycles. The summed E-state index contributed by atoms with van der Waals surface area (Å²) in [5.41, 5.74) is 4.29. The van der Waals surface area contributed by atoms with E-state index in [0.29, 0.717) is 6.07 Å². The third-order valence-corrected chi connectivity index (χ3v) is 3.95. The molecule has 0 bridgehead atoms. The molecule has 0 aliphatic carbocycles. The number of rotatable bonds is 4. The van der Waals surface area contributed by atoms with Gasteiger partial charge in [0.2, 0.25) is 10.0 Å². The molecule has 96 valence electrons. The molecule has 17 heavy (non-hydrogen) atoms. The Morgan fingerprint density at radius 1 is 1.41 bits per heavy atom. The van der Waals surface area contributed by atoms with Gasteiger partial charge in [-0.05, 0) is 20.0 Å². The van der Waals surface area contributed by atoms with Crippen LogP contribution in [0.1, 0.15) is 12.5 Å². The molecule has 1 aromatic carbocycles. The molecule has 1 atom stereocenters. The van der Waals surface area contributed by atoms with Crippen molar-refractivity contribution in [2.75, 3.05) is 12.8 Å². The summed E-state index contributed by atoms with van der Waals surface area (Å²) < 4.78 is 51.1. The van der Waals surface area contributed by atoms with E-state index in [1.54, 1.807) is 0 Å². The summed E-state index contributed by atoms with van der Waals surface area (Å²) in [7, 11) is -2.35. The van der Waals surface area contributed by atoms with Gasteiger partial charge in [0.25, 0.3) is 0 Å². The summed E-state index contributed by atoms with van der Waals surface area (Å²) in [5.74, 6) is -2.08. The first-order valence-electron chi connectivity index (χ1n) is 4.83. The summed E-state index contributed by atoms with van der Waals surface area (Å²) in [6.07, 6.45) is 0. The molecular formula is C10H14F2N2O2S. The van der Waals surface area contributed by atoms with E-state index in [-0.39, 0.29) is 5.56 Å². The molecule has 1 rings (SSSR count). The Labute approximate surface area is 98.9 Å². The predicted octanol–water partition coefficient (Wildman–Crippen LogP) is 0.688. The molecule has 0 spiro atoms. The highest BCUT2D eigenvalue weighted by Crippen LogP contribution is 2.23.